The van der Waals surface area contributed by atoms with Gasteiger partial charge in [0.1, 0.15) is 11.9 Å². The van der Waals surface area contributed by atoms with E-state index in [1.54, 1.807) is 7.05 Å². The van der Waals surface area contributed by atoms with Crippen molar-refractivity contribution in [2.75, 3.05) is 0 Å². The second-order valence-corrected chi connectivity index (χ2v) is 2.22. The van der Waals surface area contributed by atoms with E-state index < -0.39 is 4.92 Å². The number of hydrogen-bond donors (Lipinski definition) is 0. The lowest BCUT2D eigenvalue weighted by Crippen LogP contribution is -2.00. The number of imidazole rings is 1. The van der Waals surface area contributed by atoms with Crippen molar-refractivity contribution in [3.05, 3.63) is 22.0 Å². The standard InChI is InChI=1S/C6H9N3O2/c1-3-5-4-7-6(8(5)2)9(10)11/h4H,3H2,1-2H3. The zero-order valence-corrected chi connectivity index (χ0v) is 6.44. The summed E-state index contributed by atoms with van der Waals surface area (Å²) < 4.78 is 1.49. The van der Waals surface area contributed by atoms with Crippen LogP contribution in [-0.2, 0) is 13.5 Å². The van der Waals surface area contributed by atoms with E-state index in [1.807, 2.05) is 6.92 Å². The number of nitro groups is 1. The summed E-state index contributed by atoms with van der Waals surface area (Å²) >= 11 is 0. The van der Waals surface area contributed by atoms with Crippen molar-refractivity contribution >= 4 is 5.95 Å². The van der Waals surface area contributed by atoms with Gasteiger partial charge in [0.05, 0.1) is 7.05 Å². The van der Waals surface area contributed by atoms with Crippen molar-refractivity contribution in [1.29, 1.82) is 0 Å². The number of aryl methyl sites for hydroxylation is 1. The van der Waals surface area contributed by atoms with Gasteiger partial charge in [-0.05, 0) is 4.92 Å². The van der Waals surface area contributed by atoms with Gasteiger partial charge in [-0.1, -0.05) is 11.9 Å². The lowest BCUT2D eigenvalue weighted by Gasteiger charge is -1.95. The first-order chi connectivity index (χ1) is 5.16. The maximum Gasteiger partial charge on any atom is 0.434 e. The number of nitrogens with zero attached hydrogens (tertiary/aromatic N) is 3. The Labute approximate surface area is 63.8 Å². The normalized spacial score (nSPS) is 10.0. The van der Waals surface area contributed by atoms with Crippen LogP contribution in [0.25, 0.3) is 0 Å². The first-order valence-electron chi connectivity index (χ1n) is 3.31. The molecule has 5 nitrogen and oxygen atoms in total. The molecule has 1 rings (SSSR count). The van der Waals surface area contributed by atoms with Crippen LogP contribution in [0.5, 0.6) is 0 Å². The van der Waals surface area contributed by atoms with Crippen LogP contribution in [0, 0.1) is 10.1 Å². The fourth-order valence-corrected chi connectivity index (χ4v) is 0.932. The van der Waals surface area contributed by atoms with Gasteiger partial charge in [-0.3, -0.25) is 0 Å². The molecular formula is C6H9N3O2. The van der Waals surface area contributed by atoms with Gasteiger partial charge in [-0.15, -0.1) is 0 Å². The summed E-state index contributed by atoms with van der Waals surface area (Å²) in [7, 11) is 1.64. The predicted molar refractivity (Wildman–Crippen MR) is 39.2 cm³/mol. The highest BCUT2D eigenvalue weighted by Gasteiger charge is 2.14. The molecule has 60 valence electrons. The molecule has 0 aliphatic heterocycles. The zero-order valence-electron chi connectivity index (χ0n) is 6.44. The van der Waals surface area contributed by atoms with E-state index in [0.717, 1.165) is 12.1 Å². The second kappa shape index (κ2) is 2.69. The molecule has 0 saturated carbocycles. The van der Waals surface area contributed by atoms with Crippen molar-refractivity contribution in [2.24, 2.45) is 7.05 Å². The van der Waals surface area contributed by atoms with Crippen molar-refractivity contribution in [3.63, 3.8) is 0 Å². The molecule has 0 saturated heterocycles. The molecular weight excluding hydrogens is 146 g/mol. The fraction of sp³-hybridized carbons (Fsp3) is 0.500. The highest BCUT2D eigenvalue weighted by molar-refractivity contribution is 5.14. The van der Waals surface area contributed by atoms with Crippen LogP contribution in [-0.4, -0.2) is 14.5 Å². The van der Waals surface area contributed by atoms with E-state index in [4.69, 9.17) is 0 Å². The molecule has 0 radical (unpaired) electrons. The van der Waals surface area contributed by atoms with Crippen LogP contribution >= 0.6 is 0 Å². The van der Waals surface area contributed by atoms with Gasteiger partial charge in [0, 0.05) is 6.42 Å². The van der Waals surface area contributed by atoms with Crippen LogP contribution in [0.15, 0.2) is 6.20 Å². The van der Waals surface area contributed by atoms with Gasteiger partial charge in [-0.2, -0.15) is 0 Å². The Hall–Kier alpha value is -1.39. The Morgan fingerprint density at radius 1 is 1.82 bits per heavy atom. The summed E-state index contributed by atoms with van der Waals surface area (Å²) in [4.78, 5) is 13.4. The SMILES string of the molecule is CCc1cnc([N+](=O)[O-])n1C. The molecule has 11 heavy (non-hydrogen) atoms. The molecule has 0 amide bonds. The first-order valence-corrected chi connectivity index (χ1v) is 3.31. The maximum absolute atomic E-state index is 10.3. The molecule has 0 unspecified atom stereocenters. The molecule has 0 aromatic carbocycles. The molecule has 1 aromatic heterocycles. The van der Waals surface area contributed by atoms with Crippen LogP contribution < -0.4 is 0 Å². The third kappa shape index (κ3) is 1.21. The third-order valence-corrected chi connectivity index (χ3v) is 1.59. The Morgan fingerprint density at radius 3 is 2.73 bits per heavy atom. The van der Waals surface area contributed by atoms with Crippen molar-refractivity contribution in [3.8, 4) is 0 Å². The molecule has 1 heterocycles. The van der Waals surface area contributed by atoms with Crippen LogP contribution in [0.1, 0.15) is 12.6 Å². The number of hydrogen-bond acceptors (Lipinski definition) is 3. The minimum Gasteiger partial charge on any atom is -0.390 e. The van der Waals surface area contributed by atoms with Gasteiger partial charge in [0.2, 0.25) is 0 Å². The summed E-state index contributed by atoms with van der Waals surface area (Å²) in [6, 6.07) is 0. The molecule has 5 heteroatoms. The predicted octanol–water partition coefficient (Wildman–Crippen LogP) is 0.891. The van der Waals surface area contributed by atoms with E-state index >= 15 is 0 Å². The summed E-state index contributed by atoms with van der Waals surface area (Å²) in [5, 5.41) is 10.3. The molecule has 0 bridgehead atoms. The molecule has 1 aromatic rings. The van der Waals surface area contributed by atoms with Crippen LogP contribution in [0.2, 0.25) is 0 Å². The molecule has 0 aliphatic carbocycles. The largest absolute Gasteiger partial charge is 0.434 e. The topological polar surface area (TPSA) is 61.0 Å². The molecule has 0 N–H and O–H groups in total. The van der Waals surface area contributed by atoms with Gasteiger partial charge in [-0.25, -0.2) is 4.57 Å². The summed E-state index contributed by atoms with van der Waals surface area (Å²) in [6.07, 6.45) is 2.29. The van der Waals surface area contributed by atoms with Crippen LogP contribution in [0.4, 0.5) is 5.95 Å². The Kier molecular flexibility index (Phi) is 1.89. The fourth-order valence-electron chi connectivity index (χ4n) is 0.932. The molecule has 0 atom stereocenters. The summed E-state index contributed by atoms with van der Waals surface area (Å²) in [5.41, 5.74) is 0.872. The van der Waals surface area contributed by atoms with E-state index in [2.05, 4.69) is 4.98 Å². The number of rotatable bonds is 2. The quantitative estimate of drug-likeness (QED) is 0.470. The van der Waals surface area contributed by atoms with E-state index in [-0.39, 0.29) is 5.95 Å². The highest BCUT2D eigenvalue weighted by atomic mass is 16.6. The first kappa shape index (κ1) is 7.71. The second-order valence-electron chi connectivity index (χ2n) is 2.22. The highest BCUT2D eigenvalue weighted by Crippen LogP contribution is 2.10. The van der Waals surface area contributed by atoms with Crippen molar-refractivity contribution < 1.29 is 4.92 Å². The third-order valence-electron chi connectivity index (χ3n) is 1.59. The van der Waals surface area contributed by atoms with Crippen molar-refractivity contribution in [2.45, 2.75) is 13.3 Å². The van der Waals surface area contributed by atoms with Crippen molar-refractivity contribution in [1.82, 2.24) is 9.55 Å². The molecule has 0 fully saturated rings. The Morgan fingerprint density at radius 2 is 2.45 bits per heavy atom. The monoisotopic (exact) mass is 155 g/mol. The summed E-state index contributed by atoms with van der Waals surface area (Å²) in [6.45, 7) is 1.93. The average Bonchev–Trinajstić information content (AvgIpc) is 2.30. The van der Waals surface area contributed by atoms with Crippen LogP contribution in [0.3, 0.4) is 0 Å². The minimum atomic E-state index is -0.487. The Bertz CT molecular complexity index is 279. The molecule has 0 aliphatic rings. The lowest BCUT2D eigenvalue weighted by molar-refractivity contribution is -0.396. The number of aromatic nitrogens is 2. The zero-order chi connectivity index (χ0) is 8.43. The van der Waals surface area contributed by atoms with Gasteiger partial charge >= 0.3 is 5.95 Å². The summed E-state index contributed by atoms with van der Waals surface area (Å²) in [5.74, 6) is -0.0955. The lowest BCUT2D eigenvalue weighted by atomic mass is 10.4. The van der Waals surface area contributed by atoms with Gasteiger partial charge in [0.15, 0.2) is 0 Å². The molecule has 0 spiro atoms. The maximum atomic E-state index is 10.3. The minimum absolute atomic E-state index is 0.0955. The van der Waals surface area contributed by atoms with Gasteiger partial charge < -0.3 is 10.1 Å². The van der Waals surface area contributed by atoms with Gasteiger partial charge in [0.25, 0.3) is 0 Å². The van der Waals surface area contributed by atoms with E-state index in [9.17, 15) is 10.1 Å². The smallest absolute Gasteiger partial charge is 0.390 e. The van der Waals surface area contributed by atoms with E-state index in [1.165, 1.54) is 10.8 Å². The average molecular weight is 155 g/mol. The Balaban J connectivity index is 3.10. The van der Waals surface area contributed by atoms with E-state index in [0.29, 0.717) is 0 Å².